The first-order valence-electron chi connectivity index (χ1n) is 5.35. The van der Waals surface area contributed by atoms with Crippen molar-refractivity contribution >= 4 is 5.97 Å². The van der Waals surface area contributed by atoms with Gasteiger partial charge in [0.25, 0.3) is 0 Å². The first kappa shape index (κ1) is 12.6. The Kier molecular flexibility index (Phi) is 3.43. The maximum Gasteiger partial charge on any atom is 0.339 e. The number of aromatic carboxylic acids is 1. The maximum absolute atomic E-state index is 11.0. The van der Waals surface area contributed by atoms with Gasteiger partial charge in [-0.25, -0.2) is 9.78 Å². The van der Waals surface area contributed by atoms with Gasteiger partial charge in [0.1, 0.15) is 18.2 Å². The Morgan fingerprint density at radius 1 is 1.53 bits per heavy atom. The van der Waals surface area contributed by atoms with Crippen LogP contribution in [0.4, 0.5) is 0 Å². The molecular weight excluding hydrogens is 248 g/mol. The monoisotopic (exact) mass is 258 g/mol. The Morgan fingerprint density at radius 3 is 2.89 bits per heavy atom. The van der Waals surface area contributed by atoms with Gasteiger partial charge in [0.2, 0.25) is 5.88 Å². The molecule has 2 aromatic rings. The van der Waals surface area contributed by atoms with Crippen LogP contribution in [-0.2, 0) is 13.7 Å². The lowest BCUT2D eigenvalue weighted by molar-refractivity contribution is 0.0693. The van der Waals surface area contributed by atoms with E-state index in [4.69, 9.17) is 15.1 Å². The van der Waals surface area contributed by atoms with Gasteiger partial charge >= 0.3 is 5.97 Å². The molecule has 0 saturated carbocycles. The molecule has 7 nitrogen and oxygen atoms in total. The van der Waals surface area contributed by atoms with Crippen molar-refractivity contribution in [3.8, 4) is 11.9 Å². The topological polar surface area (TPSA) is 101 Å². The molecule has 0 atom stereocenters. The third kappa shape index (κ3) is 2.69. The van der Waals surface area contributed by atoms with Crippen LogP contribution in [0.3, 0.4) is 0 Å². The van der Waals surface area contributed by atoms with Crippen LogP contribution in [0.1, 0.15) is 21.6 Å². The molecule has 19 heavy (non-hydrogen) atoms. The molecule has 0 aliphatic carbocycles. The van der Waals surface area contributed by atoms with Crippen LogP contribution in [-0.4, -0.2) is 25.8 Å². The fourth-order valence-corrected chi connectivity index (χ4v) is 1.49. The third-order valence-corrected chi connectivity index (χ3v) is 2.51. The second-order valence-electron chi connectivity index (χ2n) is 3.72. The molecule has 0 fully saturated rings. The summed E-state index contributed by atoms with van der Waals surface area (Å²) in [5.74, 6) is -0.740. The predicted molar refractivity (Wildman–Crippen MR) is 63.5 cm³/mol. The highest BCUT2D eigenvalue weighted by atomic mass is 16.5. The van der Waals surface area contributed by atoms with Crippen molar-refractivity contribution < 1.29 is 14.6 Å². The minimum absolute atomic E-state index is 0.0387. The highest BCUT2D eigenvalue weighted by molar-refractivity contribution is 5.88. The standard InChI is InChI=1S/C12H10N4O3/c1-16-10(9(6-15-16)12(17)18)7-19-11-3-2-8(4-13)5-14-11/h2-3,5-6H,7H2,1H3,(H,17,18). The second kappa shape index (κ2) is 5.18. The Bertz CT molecular complexity index is 640. The summed E-state index contributed by atoms with van der Waals surface area (Å²) < 4.78 is 6.81. The number of carboxylic acids is 1. The Balaban J connectivity index is 2.12. The zero-order valence-electron chi connectivity index (χ0n) is 10.1. The molecular formula is C12H10N4O3. The molecule has 2 heterocycles. The number of nitriles is 1. The molecule has 0 aliphatic heterocycles. The molecule has 0 saturated heterocycles. The zero-order chi connectivity index (χ0) is 13.8. The number of pyridine rings is 1. The molecule has 2 aromatic heterocycles. The lowest BCUT2D eigenvalue weighted by Gasteiger charge is -2.06. The number of carbonyl (C=O) groups is 1. The number of rotatable bonds is 4. The quantitative estimate of drug-likeness (QED) is 0.876. The summed E-state index contributed by atoms with van der Waals surface area (Å²) in [5.41, 5.74) is 0.967. The van der Waals surface area contributed by atoms with Crippen molar-refractivity contribution in [1.82, 2.24) is 14.8 Å². The Hall–Kier alpha value is -2.88. The fraction of sp³-hybridized carbons (Fsp3) is 0.167. The molecule has 0 radical (unpaired) electrons. The van der Waals surface area contributed by atoms with E-state index < -0.39 is 5.97 Å². The summed E-state index contributed by atoms with van der Waals surface area (Å²) >= 11 is 0. The number of carboxylic acid groups (broad SMARTS) is 1. The van der Waals surface area contributed by atoms with Crippen LogP contribution in [0.25, 0.3) is 0 Å². The van der Waals surface area contributed by atoms with Gasteiger partial charge in [-0.15, -0.1) is 0 Å². The zero-order valence-corrected chi connectivity index (χ0v) is 10.1. The van der Waals surface area contributed by atoms with Crippen molar-refractivity contribution in [3.63, 3.8) is 0 Å². The molecule has 0 amide bonds. The first-order chi connectivity index (χ1) is 9.11. The molecule has 1 N–H and O–H groups in total. The van der Waals surface area contributed by atoms with Crippen LogP contribution in [0.2, 0.25) is 0 Å². The van der Waals surface area contributed by atoms with E-state index in [-0.39, 0.29) is 12.2 Å². The van der Waals surface area contributed by atoms with E-state index in [1.807, 2.05) is 6.07 Å². The van der Waals surface area contributed by atoms with Crippen LogP contribution in [0.5, 0.6) is 5.88 Å². The molecule has 0 spiro atoms. The maximum atomic E-state index is 11.0. The highest BCUT2D eigenvalue weighted by Gasteiger charge is 2.15. The third-order valence-electron chi connectivity index (χ3n) is 2.51. The average molecular weight is 258 g/mol. The van der Waals surface area contributed by atoms with E-state index in [9.17, 15) is 4.79 Å². The SMILES string of the molecule is Cn1ncc(C(=O)O)c1COc1ccc(C#N)cn1. The van der Waals surface area contributed by atoms with Crippen molar-refractivity contribution in [2.24, 2.45) is 7.05 Å². The minimum Gasteiger partial charge on any atom is -0.478 e. The average Bonchev–Trinajstić information content (AvgIpc) is 2.78. The van der Waals surface area contributed by atoms with E-state index in [1.54, 1.807) is 19.2 Å². The number of hydrogen-bond donors (Lipinski definition) is 1. The summed E-state index contributed by atoms with van der Waals surface area (Å²) in [7, 11) is 1.64. The Morgan fingerprint density at radius 2 is 2.32 bits per heavy atom. The van der Waals surface area contributed by atoms with Gasteiger partial charge in [-0.3, -0.25) is 4.68 Å². The van der Waals surface area contributed by atoms with E-state index in [1.165, 1.54) is 17.1 Å². The first-order valence-corrected chi connectivity index (χ1v) is 5.35. The molecule has 0 aliphatic rings. The number of nitrogens with zero attached hydrogens (tertiary/aromatic N) is 4. The summed E-state index contributed by atoms with van der Waals surface area (Å²) in [6.45, 7) is 0.0387. The van der Waals surface area contributed by atoms with Crippen molar-refractivity contribution in [1.29, 1.82) is 5.26 Å². The van der Waals surface area contributed by atoms with Crippen LogP contribution in [0, 0.1) is 11.3 Å². The number of ether oxygens (including phenoxy) is 1. The normalized spacial score (nSPS) is 9.89. The van der Waals surface area contributed by atoms with Gasteiger partial charge in [-0.2, -0.15) is 10.4 Å². The van der Waals surface area contributed by atoms with Crippen molar-refractivity contribution in [2.75, 3.05) is 0 Å². The van der Waals surface area contributed by atoms with Gasteiger partial charge in [-0.05, 0) is 6.07 Å². The summed E-state index contributed by atoms with van der Waals surface area (Å²) in [5, 5.41) is 21.5. The number of aryl methyl sites for hydroxylation is 1. The number of aromatic nitrogens is 3. The minimum atomic E-state index is -1.06. The number of hydrogen-bond acceptors (Lipinski definition) is 5. The van der Waals surface area contributed by atoms with Gasteiger partial charge in [-0.1, -0.05) is 0 Å². The largest absolute Gasteiger partial charge is 0.478 e. The van der Waals surface area contributed by atoms with Crippen molar-refractivity contribution in [3.05, 3.63) is 41.3 Å². The van der Waals surface area contributed by atoms with Gasteiger partial charge in [0, 0.05) is 19.3 Å². The summed E-state index contributed by atoms with van der Waals surface area (Å²) in [6.07, 6.45) is 2.66. The lowest BCUT2D eigenvalue weighted by Crippen LogP contribution is -2.08. The molecule has 7 heteroatoms. The predicted octanol–water partition coefficient (Wildman–Crippen LogP) is 0.964. The fourth-order valence-electron chi connectivity index (χ4n) is 1.49. The van der Waals surface area contributed by atoms with Crippen LogP contribution < -0.4 is 4.74 Å². The smallest absolute Gasteiger partial charge is 0.339 e. The van der Waals surface area contributed by atoms with Gasteiger partial charge in [0.05, 0.1) is 17.5 Å². The van der Waals surface area contributed by atoms with Gasteiger partial charge in [0.15, 0.2) is 0 Å². The van der Waals surface area contributed by atoms with E-state index in [0.717, 1.165) is 0 Å². The van der Waals surface area contributed by atoms with Gasteiger partial charge < -0.3 is 9.84 Å². The molecule has 0 aromatic carbocycles. The molecule has 2 rings (SSSR count). The van der Waals surface area contributed by atoms with Crippen LogP contribution in [0.15, 0.2) is 24.5 Å². The lowest BCUT2D eigenvalue weighted by atomic mass is 10.2. The summed E-state index contributed by atoms with van der Waals surface area (Å²) in [6, 6.07) is 5.07. The van der Waals surface area contributed by atoms with E-state index >= 15 is 0 Å². The van der Waals surface area contributed by atoms with E-state index in [0.29, 0.717) is 17.1 Å². The molecule has 0 unspecified atom stereocenters. The summed E-state index contributed by atoms with van der Waals surface area (Å²) in [4.78, 5) is 14.9. The Labute approximate surface area is 108 Å². The molecule has 0 bridgehead atoms. The highest BCUT2D eigenvalue weighted by Crippen LogP contribution is 2.13. The van der Waals surface area contributed by atoms with Crippen molar-refractivity contribution in [2.45, 2.75) is 6.61 Å². The van der Waals surface area contributed by atoms with E-state index in [2.05, 4.69) is 10.1 Å². The molecule has 96 valence electrons. The van der Waals surface area contributed by atoms with Crippen LogP contribution >= 0.6 is 0 Å². The second-order valence-corrected chi connectivity index (χ2v) is 3.72.